The lowest BCUT2D eigenvalue weighted by Gasteiger charge is -2.34. The largest absolute Gasteiger partial charge is 0.481 e. The molecule has 0 bridgehead atoms. The molecule has 0 radical (unpaired) electrons. The fraction of sp³-hybridized carbons (Fsp3) is 0.344. The van der Waals surface area contributed by atoms with Crippen LogP contribution < -0.4 is 5.32 Å². The van der Waals surface area contributed by atoms with E-state index in [2.05, 4.69) is 12.2 Å². The Labute approximate surface area is 216 Å². The summed E-state index contributed by atoms with van der Waals surface area (Å²) < 4.78 is 0. The van der Waals surface area contributed by atoms with Crippen LogP contribution in [0.4, 0.5) is 0 Å². The summed E-state index contributed by atoms with van der Waals surface area (Å²) in [6.07, 6.45) is 4.77. The van der Waals surface area contributed by atoms with Crippen molar-refractivity contribution in [3.63, 3.8) is 0 Å². The van der Waals surface area contributed by atoms with Crippen molar-refractivity contribution in [1.29, 1.82) is 0 Å². The summed E-state index contributed by atoms with van der Waals surface area (Å²) in [6, 6.07) is 25.7. The third-order valence-corrected chi connectivity index (χ3v) is 9.16. The number of ketones is 2. The molecule has 5 heteroatoms. The van der Waals surface area contributed by atoms with Gasteiger partial charge in [0, 0.05) is 22.6 Å². The molecule has 2 fully saturated rings. The maximum atomic E-state index is 14.4. The highest BCUT2D eigenvalue weighted by Crippen LogP contribution is 2.81. The van der Waals surface area contributed by atoms with Crippen LogP contribution >= 0.6 is 0 Å². The molecular weight excluding hydrogens is 462 g/mol. The summed E-state index contributed by atoms with van der Waals surface area (Å²) in [5, 5.41) is 14.4. The predicted molar refractivity (Wildman–Crippen MR) is 141 cm³/mol. The number of carbonyl (C=O) groups excluding carboxylic acids is 2. The number of fused-ring (bicyclic) bond motifs is 3. The third kappa shape index (κ3) is 2.75. The van der Waals surface area contributed by atoms with Crippen LogP contribution in [0.3, 0.4) is 0 Å². The second-order valence-electron chi connectivity index (χ2n) is 10.7. The molecular formula is C32H31NO4. The highest BCUT2D eigenvalue weighted by molar-refractivity contribution is 6.35. The van der Waals surface area contributed by atoms with Crippen molar-refractivity contribution in [3.8, 4) is 0 Å². The maximum Gasteiger partial charge on any atom is 0.308 e. The molecule has 0 aromatic heterocycles. The smallest absolute Gasteiger partial charge is 0.308 e. The zero-order valence-corrected chi connectivity index (χ0v) is 20.9. The first kappa shape index (κ1) is 23.8. The van der Waals surface area contributed by atoms with Crippen LogP contribution in [0, 0.1) is 5.92 Å². The Bertz CT molecular complexity index is 1350. The molecule has 188 valence electrons. The van der Waals surface area contributed by atoms with Gasteiger partial charge in [-0.3, -0.25) is 19.7 Å². The third-order valence-electron chi connectivity index (χ3n) is 9.16. The van der Waals surface area contributed by atoms with E-state index in [9.17, 15) is 19.5 Å². The number of Topliss-reactive ketones (excluding diaryl/α,β-unsaturated/α-hetero) is 2. The van der Waals surface area contributed by atoms with Gasteiger partial charge in [0.05, 0.1) is 11.3 Å². The van der Waals surface area contributed by atoms with E-state index < -0.39 is 28.3 Å². The molecule has 6 rings (SSSR count). The standard InChI is InChI=1S/C32H31NO4/c1-2-3-4-11-20-25-30(21-14-7-5-8-15-21)26(29(36)37)31(30,22-16-9-6-10-17-22)32(33-25)27(34)23-18-12-13-19-24(23)28(32)35/h5-10,12-19,25-26,33H,2-4,11,20H2,1H3,(H,36,37)/t25-,26-,30-,31+/m1/s1. The van der Waals surface area contributed by atoms with Crippen molar-refractivity contribution in [3.05, 3.63) is 107 Å². The van der Waals surface area contributed by atoms with Gasteiger partial charge in [-0.1, -0.05) is 118 Å². The van der Waals surface area contributed by atoms with Crippen LogP contribution in [0.25, 0.3) is 0 Å². The van der Waals surface area contributed by atoms with Crippen molar-refractivity contribution < 1.29 is 19.5 Å². The van der Waals surface area contributed by atoms with Crippen LogP contribution in [0.2, 0.25) is 0 Å². The van der Waals surface area contributed by atoms with E-state index in [4.69, 9.17) is 0 Å². The molecule has 3 aromatic carbocycles. The molecule has 0 unspecified atom stereocenters. The maximum absolute atomic E-state index is 14.4. The minimum atomic E-state index is -1.67. The number of hydrogen-bond donors (Lipinski definition) is 2. The molecule has 2 aliphatic carbocycles. The van der Waals surface area contributed by atoms with E-state index in [1.165, 1.54) is 0 Å². The Kier molecular flexibility index (Phi) is 5.46. The Balaban J connectivity index is 1.66. The van der Waals surface area contributed by atoms with Crippen LogP contribution in [0.15, 0.2) is 84.9 Å². The molecule has 2 N–H and O–H groups in total. The minimum Gasteiger partial charge on any atom is -0.481 e. The second-order valence-corrected chi connectivity index (χ2v) is 10.7. The SMILES string of the molecule is CCCCCC[C@H]1NC2(C(=O)c3ccccc3C2=O)[C@@]2(c3ccccc3)[C@H](C(=O)O)[C@@]12c1ccccc1. The Hall–Kier alpha value is -3.57. The van der Waals surface area contributed by atoms with Gasteiger partial charge in [-0.05, 0) is 17.5 Å². The first-order chi connectivity index (χ1) is 18.0. The van der Waals surface area contributed by atoms with Crippen molar-refractivity contribution in [2.24, 2.45) is 5.92 Å². The number of piperidine rings is 1. The van der Waals surface area contributed by atoms with Gasteiger partial charge in [0.1, 0.15) is 0 Å². The topological polar surface area (TPSA) is 83.5 Å². The Morgan fingerprint density at radius 2 is 1.32 bits per heavy atom. The van der Waals surface area contributed by atoms with Gasteiger partial charge in [-0.2, -0.15) is 0 Å². The lowest BCUT2D eigenvalue weighted by Crippen LogP contribution is -2.62. The first-order valence-electron chi connectivity index (χ1n) is 13.3. The molecule has 1 saturated heterocycles. The van der Waals surface area contributed by atoms with Crippen molar-refractivity contribution in [1.82, 2.24) is 5.32 Å². The molecule has 1 heterocycles. The number of hydrogen-bond acceptors (Lipinski definition) is 4. The first-order valence-corrected chi connectivity index (χ1v) is 13.3. The lowest BCUT2D eigenvalue weighted by atomic mass is 9.68. The van der Waals surface area contributed by atoms with Crippen molar-refractivity contribution >= 4 is 17.5 Å². The zero-order valence-electron chi connectivity index (χ0n) is 20.9. The van der Waals surface area contributed by atoms with Gasteiger partial charge in [0.25, 0.3) is 0 Å². The summed E-state index contributed by atoms with van der Waals surface area (Å²) in [7, 11) is 0. The van der Waals surface area contributed by atoms with E-state index in [1.807, 2.05) is 60.7 Å². The molecule has 5 nitrogen and oxygen atoms in total. The zero-order chi connectivity index (χ0) is 25.8. The summed E-state index contributed by atoms with van der Waals surface area (Å²) in [5.74, 6) is -2.51. The average Bonchev–Trinajstić information content (AvgIpc) is 3.44. The van der Waals surface area contributed by atoms with Crippen molar-refractivity contribution in [2.45, 2.75) is 61.4 Å². The van der Waals surface area contributed by atoms with E-state index in [0.29, 0.717) is 17.5 Å². The fourth-order valence-electron chi connectivity index (χ4n) is 7.95. The van der Waals surface area contributed by atoms with Gasteiger partial charge in [0.2, 0.25) is 0 Å². The van der Waals surface area contributed by atoms with Crippen LogP contribution in [-0.2, 0) is 15.6 Å². The molecule has 4 atom stereocenters. The Morgan fingerprint density at radius 3 is 1.86 bits per heavy atom. The number of benzene rings is 3. The number of nitrogens with one attached hydrogen (secondary N) is 1. The number of carboxylic acids is 1. The van der Waals surface area contributed by atoms with E-state index >= 15 is 0 Å². The van der Waals surface area contributed by atoms with Crippen molar-refractivity contribution in [2.75, 3.05) is 0 Å². The summed E-state index contributed by atoms with van der Waals surface area (Å²) in [6.45, 7) is 2.16. The minimum absolute atomic E-state index is 0.308. The van der Waals surface area contributed by atoms with Gasteiger partial charge < -0.3 is 5.11 Å². The van der Waals surface area contributed by atoms with Crippen LogP contribution in [0.5, 0.6) is 0 Å². The molecule has 1 spiro atoms. The number of carboxylic acid groups (broad SMARTS) is 1. The highest BCUT2D eigenvalue weighted by atomic mass is 16.4. The summed E-state index contributed by atoms with van der Waals surface area (Å²) in [4.78, 5) is 42.1. The fourth-order valence-corrected chi connectivity index (χ4v) is 7.95. The predicted octanol–water partition coefficient (Wildman–Crippen LogP) is 5.34. The molecule has 3 aliphatic rings. The summed E-state index contributed by atoms with van der Waals surface area (Å²) >= 11 is 0. The monoisotopic (exact) mass is 493 g/mol. The molecule has 1 aliphatic heterocycles. The van der Waals surface area contributed by atoms with Crippen LogP contribution in [-0.4, -0.2) is 34.2 Å². The van der Waals surface area contributed by atoms with Gasteiger partial charge in [-0.15, -0.1) is 0 Å². The number of aliphatic carboxylic acids is 1. The van der Waals surface area contributed by atoms with E-state index in [0.717, 1.165) is 36.8 Å². The highest BCUT2D eigenvalue weighted by Gasteiger charge is 2.96. The molecule has 1 saturated carbocycles. The molecule has 3 aromatic rings. The quantitative estimate of drug-likeness (QED) is 0.327. The van der Waals surface area contributed by atoms with Gasteiger partial charge >= 0.3 is 5.97 Å². The molecule has 37 heavy (non-hydrogen) atoms. The van der Waals surface area contributed by atoms with Gasteiger partial charge in [-0.25, -0.2) is 0 Å². The summed E-state index contributed by atoms with van der Waals surface area (Å²) in [5.41, 5.74) is -1.53. The van der Waals surface area contributed by atoms with E-state index in [1.54, 1.807) is 24.3 Å². The van der Waals surface area contributed by atoms with E-state index in [-0.39, 0.29) is 17.6 Å². The number of unbranched alkanes of at least 4 members (excludes halogenated alkanes) is 3. The van der Waals surface area contributed by atoms with Gasteiger partial charge in [0.15, 0.2) is 17.1 Å². The lowest BCUT2D eigenvalue weighted by molar-refractivity contribution is -0.140. The number of carbonyl (C=O) groups is 3. The Morgan fingerprint density at radius 1 is 0.784 bits per heavy atom. The van der Waals surface area contributed by atoms with Crippen LogP contribution in [0.1, 0.15) is 70.9 Å². The average molecular weight is 494 g/mol. The molecule has 0 amide bonds. The normalized spacial score (nSPS) is 28.8. The second kappa shape index (κ2) is 8.49. The number of rotatable bonds is 8.